The third-order valence-electron chi connectivity index (χ3n) is 3.34. The van der Waals surface area contributed by atoms with E-state index in [0.29, 0.717) is 0 Å². The normalized spacial score (nSPS) is 13.7. The van der Waals surface area contributed by atoms with Gasteiger partial charge in [0.25, 0.3) is 0 Å². The maximum absolute atomic E-state index is 5.23. The Balaban J connectivity index is 2.11. The van der Waals surface area contributed by atoms with Crippen LogP contribution in [0, 0.1) is 13.8 Å². The number of rotatable bonds is 1. The molecule has 2 heteroatoms. The topological polar surface area (TPSA) is 26.0 Å². The van der Waals surface area contributed by atoms with Gasteiger partial charge in [-0.05, 0) is 43.9 Å². The van der Waals surface area contributed by atoms with Crippen molar-refractivity contribution in [3.63, 3.8) is 0 Å². The number of nitrogens with zero attached hydrogens (tertiary/aromatic N) is 1. The Labute approximate surface area is 101 Å². The predicted octanol–water partition coefficient (Wildman–Crippen LogP) is 3.92. The first-order valence-electron chi connectivity index (χ1n) is 5.88. The fraction of sp³-hybridized carbons (Fsp3) is 0.267. The van der Waals surface area contributed by atoms with Crippen molar-refractivity contribution in [3.8, 4) is 11.1 Å². The minimum atomic E-state index is 0.894. The van der Waals surface area contributed by atoms with Crippen molar-refractivity contribution in [2.24, 2.45) is 0 Å². The van der Waals surface area contributed by atoms with Gasteiger partial charge in [-0.3, -0.25) is 0 Å². The van der Waals surface area contributed by atoms with Crippen LogP contribution in [0.1, 0.15) is 29.5 Å². The highest BCUT2D eigenvalue weighted by Gasteiger charge is 2.15. The molecule has 0 N–H and O–H groups in total. The third-order valence-corrected chi connectivity index (χ3v) is 3.34. The zero-order valence-electron chi connectivity index (χ0n) is 10.4. The average molecular weight is 225 g/mol. The fourth-order valence-corrected chi connectivity index (χ4v) is 2.57. The molecule has 0 saturated carbocycles. The van der Waals surface area contributed by atoms with Gasteiger partial charge in [-0.2, -0.15) is 0 Å². The summed E-state index contributed by atoms with van der Waals surface area (Å²) in [7, 11) is 0. The lowest BCUT2D eigenvalue weighted by Gasteiger charge is -2.04. The van der Waals surface area contributed by atoms with Crippen LogP contribution < -0.4 is 0 Å². The highest BCUT2D eigenvalue weighted by molar-refractivity contribution is 5.73. The summed E-state index contributed by atoms with van der Waals surface area (Å²) in [5, 5.41) is 4.01. The zero-order valence-corrected chi connectivity index (χ0v) is 10.4. The van der Waals surface area contributed by atoms with E-state index < -0.39 is 0 Å². The smallest absolute Gasteiger partial charge is 0.141 e. The molecule has 0 aliphatic heterocycles. The second-order valence-corrected chi connectivity index (χ2v) is 4.78. The van der Waals surface area contributed by atoms with Gasteiger partial charge < -0.3 is 4.52 Å². The molecule has 0 bridgehead atoms. The van der Waals surface area contributed by atoms with Crippen LogP contribution in [-0.2, 0) is 6.42 Å². The molecular weight excluding hydrogens is 210 g/mol. The Morgan fingerprint density at radius 1 is 1.18 bits per heavy atom. The first-order valence-corrected chi connectivity index (χ1v) is 5.88. The summed E-state index contributed by atoms with van der Waals surface area (Å²) in [4.78, 5) is 0. The van der Waals surface area contributed by atoms with E-state index in [1.54, 1.807) is 0 Å². The Morgan fingerprint density at radius 3 is 2.71 bits per heavy atom. The van der Waals surface area contributed by atoms with E-state index in [9.17, 15) is 0 Å². The van der Waals surface area contributed by atoms with Crippen LogP contribution in [0.3, 0.4) is 0 Å². The summed E-state index contributed by atoms with van der Waals surface area (Å²) in [5.74, 6) is 0.894. The molecule has 1 aliphatic rings. The summed E-state index contributed by atoms with van der Waals surface area (Å²) >= 11 is 0. The molecule has 0 unspecified atom stereocenters. The van der Waals surface area contributed by atoms with Crippen molar-refractivity contribution < 1.29 is 4.52 Å². The maximum atomic E-state index is 5.23. The van der Waals surface area contributed by atoms with Gasteiger partial charge in [-0.1, -0.05) is 35.0 Å². The quantitative estimate of drug-likeness (QED) is 0.735. The average Bonchev–Trinajstić information content (AvgIpc) is 2.80. The summed E-state index contributed by atoms with van der Waals surface area (Å²) < 4.78 is 5.23. The molecule has 0 fully saturated rings. The Morgan fingerprint density at radius 2 is 2.00 bits per heavy atom. The lowest BCUT2D eigenvalue weighted by Crippen LogP contribution is -1.87. The predicted molar refractivity (Wildman–Crippen MR) is 68.8 cm³/mol. The monoisotopic (exact) mass is 225 g/mol. The number of fused-ring (bicyclic) bond motifs is 1. The second-order valence-electron chi connectivity index (χ2n) is 4.78. The lowest BCUT2D eigenvalue weighted by molar-refractivity contribution is 0.393. The van der Waals surface area contributed by atoms with Gasteiger partial charge in [0.05, 0.1) is 5.69 Å². The Kier molecular flexibility index (Phi) is 2.18. The number of hydrogen-bond acceptors (Lipinski definition) is 2. The maximum Gasteiger partial charge on any atom is 0.141 e. The van der Waals surface area contributed by atoms with Gasteiger partial charge in [0, 0.05) is 5.56 Å². The van der Waals surface area contributed by atoms with E-state index in [4.69, 9.17) is 4.52 Å². The molecule has 1 heterocycles. The number of hydrogen-bond donors (Lipinski definition) is 0. The van der Waals surface area contributed by atoms with Gasteiger partial charge in [-0.25, -0.2) is 0 Å². The van der Waals surface area contributed by atoms with Crippen molar-refractivity contribution in [1.82, 2.24) is 5.16 Å². The van der Waals surface area contributed by atoms with Crippen molar-refractivity contribution in [2.75, 3.05) is 0 Å². The zero-order chi connectivity index (χ0) is 12.0. The Hall–Kier alpha value is -1.83. The number of aromatic nitrogens is 1. The summed E-state index contributed by atoms with van der Waals surface area (Å²) in [6, 6.07) is 6.60. The highest BCUT2D eigenvalue weighted by Crippen LogP contribution is 2.32. The van der Waals surface area contributed by atoms with Gasteiger partial charge in [0.1, 0.15) is 5.76 Å². The minimum Gasteiger partial charge on any atom is -0.361 e. The van der Waals surface area contributed by atoms with Crippen LogP contribution in [0.4, 0.5) is 0 Å². The fourth-order valence-electron chi connectivity index (χ4n) is 2.57. The highest BCUT2D eigenvalue weighted by atomic mass is 16.5. The number of aryl methyl sites for hydroxylation is 2. The molecule has 1 aliphatic carbocycles. The first-order chi connectivity index (χ1) is 8.15. The van der Waals surface area contributed by atoms with Crippen LogP contribution in [0.5, 0.6) is 0 Å². The molecule has 1 aromatic carbocycles. The van der Waals surface area contributed by atoms with Crippen LogP contribution in [0.2, 0.25) is 0 Å². The standard InChI is InChI=1S/C15H15NO/c1-9-6-12-4-5-13(8-14(12)7-9)15-10(2)16-17-11(15)3/h4-6,8H,7H2,1-3H3. The second kappa shape index (κ2) is 3.59. The van der Waals surface area contributed by atoms with Gasteiger partial charge in [0.2, 0.25) is 0 Å². The van der Waals surface area contributed by atoms with E-state index in [-0.39, 0.29) is 0 Å². The van der Waals surface area contributed by atoms with E-state index in [1.807, 2.05) is 13.8 Å². The molecule has 0 saturated heterocycles. The van der Waals surface area contributed by atoms with Gasteiger partial charge >= 0.3 is 0 Å². The molecule has 17 heavy (non-hydrogen) atoms. The first kappa shape index (κ1) is 10.3. The Bertz CT molecular complexity index is 600. The van der Waals surface area contributed by atoms with Gasteiger partial charge in [0.15, 0.2) is 0 Å². The largest absolute Gasteiger partial charge is 0.361 e. The third kappa shape index (κ3) is 1.60. The van der Waals surface area contributed by atoms with Crippen molar-refractivity contribution in [3.05, 3.63) is 46.4 Å². The SMILES string of the molecule is CC1=Cc2ccc(-c3c(C)noc3C)cc2C1. The van der Waals surface area contributed by atoms with Crippen LogP contribution >= 0.6 is 0 Å². The molecule has 0 radical (unpaired) electrons. The molecule has 86 valence electrons. The van der Waals surface area contributed by atoms with Crippen molar-refractivity contribution in [2.45, 2.75) is 27.2 Å². The summed E-state index contributed by atoms with van der Waals surface area (Å²) in [5.41, 5.74) is 7.49. The van der Waals surface area contributed by atoms with Crippen molar-refractivity contribution >= 4 is 6.08 Å². The van der Waals surface area contributed by atoms with E-state index in [2.05, 4.69) is 36.4 Å². The lowest BCUT2D eigenvalue weighted by atomic mass is 9.99. The molecule has 0 spiro atoms. The molecule has 1 aromatic heterocycles. The van der Waals surface area contributed by atoms with Crippen LogP contribution in [0.25, 0.3) is 17.2 Å². The number of allylic oxidation sites excluding steroid dienone is 1. The van der Waals surface area contributed by atoms with E-state index >= 15 is 0 Å². The molecule has 2 nitrogen and oxygen atoms in total. The summed E-state index contributed by atoms with van der Waals surface area (Å²) in [6.07, 6.45) is 3.32. The molecule has 2 aromatic rings. The number of benzene rings is 1. The van der Waals surface area contributed by atoms with Crippen LogP contribution in [0.15, 0.2) is 28.3 Å². The molecular formula is C15H15NO. The molecule has 3 rings (SSSR count). The summed E-state index contributed by atoms with van der Waals surface area (Å²) in [6.45, 7) is 6.13. The molecule has 0 amide bonds. The van der Waals surface area contributed by atoms with E-state index in [1.165, 1.54) is 22.3 Å². The van der Waals surface area contributed by atoms with Crippen molar-refractivity contribution in [1.29, 1.82) is 0 Å². The van der Waals surface area contributed by atoms with E-state index in [0.717, 1.165) is 23.4 Å². The molecule has 0 atom stereocenters. The minimum absolute atomic E-state index is 0.894. The van der Waals surface area contributed by atoms with Gasteiger partial charge in [-0.15, -0.1) is 0 Å². The van der Waals surface area contributed by atoms with Crippen LogP contribution in [-0.4, -0.2) is 5.16 Å².